The summed E-state index contributed by atoms with van der Waals surface area (Å²) in [6.07, 6.45) is 0.647. The third-order valence-corrected chi connectivity index (χ3v) is 3.69. The van der Waals surface area contributed by atoms with E-state index in [1.54, 1.807) is 12.1 Å². The molecular formula is C15H12ClNO3. The van der Waals surface area contributed by atoms with E-state index in [9.17, 15) is 10.1 Å². The van der Waals surface area contributed by atoms with E-state index in [4.69, 9.17) is 16.3 Å². The van der Waals surface area contributed by atoms with E-state index in [-0.39, 0.29) is 11.8 Å². The maximum absolute atomic E-state index is 10.7. The van der Waals surface area contributed by atoms with Crippen LogP contribution in [-0.2, 0) is 11.2 Å². The predicted molar refractivity (Wildman–Crippen MR) is 76.0 cm³/mol. The number of non-ortho nitro benzene ring substituents is 1. The van der Waals surface area contributed by atoms with Crippen molar-refractivity contribution in [2.75, 3.05) is 6.61 Å². The van der Waals surface area contributed by atoms with Crippen molar-refractivity contribution in [2.24, 2.45) is 0 Å². The first kappa shape index (κ1) is 13.1. The zero-order chi connectivity index (χ0) is 14.1. The van der Waals surface area contributed by atoms with Gasteiger partial charge in [-0.2, -0.15) is 0 Å². The highest BCUT2D eigenvalue weighted by molar-refractivity contribution is 6.30. The second-order valence-corrected chi connectivity index (χ2v) is 5.13. The average Bonchev–Trinajstić information content (AvgIpc) is 2.46. The van der Waals surface area contributed by atoms with Crippen molar-refractivity contribution >= 4 is 17.3 Å². The molecule has 4 nitrogen and oxygen atoms in total. The molecule has 1 heterocycles. The molecule has 0 spiro atoms. The van der Waals surface area contributed by atoms with Crippen LogP contribution in [0.25, 0.3) is 0 Å². The molecule has 0 saturated carbocycles. The van der Waals surface area contributed by atoms with Crippen molar-refractivity contribution < 1.29 is 9.66 Å². The normalized spacial score (nSPS) is 17.6. The van der Waals surface area contributed by atoms with Gasteiger partial charge in [-0.1, -0.05) is 17.7 Å². The second-order valence-electron chi connectivity index (χ2n) is 4.69. The number of ether oxygens (including phenoxy) is 1. The fraction of sp³-hybridized carbons (Fsp3) is 0.200. The monoisotopic (exact) mass is 289 g/mol. The number of fused-ring (bicyclic) bond motifs is 1. The minimum Gasteiger partial charge on any atom is -0.368 e. The molecule has 2 aromatic rings. The molecule has 0 aliphatic carbocycles. The Morgan fingerprint density at radius 3 is 2.65 bits per heavy atom. The maximum atomic E-state index is 10.7. The van der Waals surface area contributed by atoms with Crippen molar-refractivity contribution in [2.45, 2.75) is 12.5 Å². The van der Waals surface area contributed by atoms with Gasteiger partial charge in [0.2, 0.25) is 0 Å². The Bertz CT molecular complexity index is 655. The Hall–Kier alpha value is -1.91. The van der Waals surface area contributed by atoms with Crippen LogP contribution in [0.3, 0.4) is 0 Å². The van der Waals surface area contributed by atoms with E-state index in [0.717, 1.165) is 17.5 Å². The Labute approximate surface area is 121 Å². The molecule has 5 heteroatoms. The molecule has 0 fully saturated rings. The molecule has 1 atom stereocenters. The van der Waals surface area contributed by atoms with E-state index >= 15 is 0 Å². The summed E-state index contributed by atoms with van der Waals surface area (Å²) < 4.78 is 5.82. The van der Waals surface area contributed by atoms with Gasteiger partial charge in [0.05, 0.1) is 11.5 Å². The number of rotatable bonds is 2. The topological polar surface area (TPSA) is 52.4 Å². The van der Waals surface area contributed by atoms with Gasteiger partial charge in [-0.3, -0.25) is 10.1 Å². The van der Waals surface area contributed by atoms with E-state index in [1.807, 2.05) is 18.2 Å². The average molecular weight is 290 g/mol. The molecule has 0 amide bonds. The second kappa shape index (κ2) is 5.23. The zero-order valence-corrected chi connectivity index (χ0v) is 11.3. The summed E-state index contributed by atoms with van der Waals surface area (Å²) in [5, 5.41) is 11.4. The Kier molecular flexibility index (Phi) is 3.42. The molecule has 1 aliphatic heterocycles. The van der Waals surface area contributed by atoms with Gasteiger partial charge < -0.3 is 4.74 Å². The van der Waals surface area contributed by atoms with E-state index < -0.39 is 4.92 Å². The van der Waals surface area contributed by atoms with Crippen LogP contribution in [0.4, 0.5) is 5.69 Å². The first-order valence-corrected chi connectivity index (χ1v) is 6.67. The third kappa shape index (κ3) is 2.40. The number of nitro groups is 1. The van der Waals surface area contributed by atoms with Crippen LogP contribution in [0.15, 0.2) is 42.5 Å². The van der Waals surface area contributed by atoms with E-state index in [2.05, 4.69) is 0 Å². The molecule has 0 unspecified atom stereocenters. The smallest absolute Gasteiger partial charge is 0.269 e. The highest BCUT2D eigenvalue weighted by Gasteiger charge is 2.23. The summed E-state index contributed by atoms with van der Waals surface area (Å²) in [6.45, 7) is 0.635. The fourth-order valence-electron chi connectivity index (χ4n) is 2.46. The van der Waals surface area contributed by atoms with Crippen LogP contribution < -0.4 is 0 Å². The number of nitrogens with zero attached hydrogens (tertiary/aromatic N) is 1. The molecule has 1 aliphatic rings. The molecule has 102 valence electrons. The van der Waals surface area contributed by atoms with E-state index in [1.165, 1.54) is 17.7 Å². The molecule has 3 rings (SSSR count). The minimum absolute atomic E-state index is 0.0795. The summed E-state index contributed by atoms with van der Waals surface area (Å²) in [5.41, 5.74) is 3.23. The molecule has 0 radical (unpaired) electrons. The van der Waals surface area contributed by atoms with Crippen LogP contribution in [-0.4, -0.2) is 11.5 Å². The third-order valence-electron chi connectivity index (χ3n) is 3.45. The zero-order valence-electron chi connectivity index (χ0n) is 10.6. The van der Waals surface area contributed by atoms with Gasteiger partial charge in [0, 0.05) is 17.2 Å². The number of benzene rings is 2. The number of halogens is 1. The molecule has 0 saturated heterocycles. The molecule has 2 aromatic carbocycles. The highest BCUT2D eigenvalue weighted by Crippen LogP contribution is 2.34. The molecule has 20 heavy (non-hydrogen) atoms. The standard InChI is InChI=1S/C15H12ClNO3/c16-12-4-1-10-7-8-20-15(14(10)9-12)11-2-5-13(6-3-11)17(18)19/h1-6,9,15H,7-8H2/t15-/m1/s1. The Balaban J connectivity index is 1.99. The summed E-state index contributed by atoms with van der Waals surface area (Å²) >= 11 is 6.05. The lowest BCUT2D eigenvalue weighted by Gasteiger charge is -2.26. The first-order valence-electron chi connectivity index (χ1n) is 6.29. The van der Waals surface area contributed by atoms with Crippen molar-refractivity contribution in [3.63, 3.8) is 0 Å². The van der Waals surface area contributed by atoms with Gasteiger partial charge in [0.15, 0.2) is 0 Å². The van der Waals surface area contributed by atoms with E-state index in [0.29, 0.717) is 11.6 Å². The van der Waals surface area contributed by atoms with Gasteiger partial charge >= 0.3 is 0 Å². The SMILES string of the molecule is O=[N+]([O-])c1ccc([C@H]2OCCc3ccc(Cl)cc32)cc1. The highest BCUT2D eigenvalue weighted by atomic mass is 35.5. The van der Waals surface area contributed by atoms with Crippen molar-refractivity contribution in [1.82, 2.24) is 0 Å². The quantitative estimate of drug-likeness (QED) is 0.622. The summed E-state index contributed by atoms with van der Waals surface area (Å²) in [4.78, 5) is 10.3. The Morgan fingerprint density at radius 2 is 1.95 bits per heavy atom. The van der Waals surface area contributed by atoms with Crippen LogP contribution in [0.1, 0.15) is 22.8 Å². The van der Waals surface area contributed by atoms with Crippen LogP contribution in [0.5, 0.6) is 0 Å². The van der Waals surface area contributed by atoms with Gasteiger partial charge in [0.25, 0.3) is 5.69 Å². The minimum atomic E-state index is -0.406. The van der Waals surface area contributed by atoms with Crippen molar-refractivity contribution in [1.29, 1.82) is 0 Å². The van der Waals surface area contributed by atoms with Gasteiger partial charge in [0.1, 0.15) is 6.10 Å². The lowest BCUT2D eigenvalue weighted by atomic mass is 9.93. The van der Waals surface area contributed by atoms with Gasteiger partial charge in [-0.25, -0.2) is 0 Å². The van der Waals surface area contributed by atoms with Crippen LogP contribution in [0.2, 0.25) is 5.02 Å². The van der Waals surface area contributed by atoms with Gasteiger partial charge in [-0.05, 0) is 47.4 Å². The number of nitro benzene ring substituents is 1. The lowest BCUT2D eigenvalue weighted by Crippen LogP contribution is -2.17. The van der Waals surface area contributed by atoms with Crippen LogP contribution in [0, 0.1) is 10.1 Å². The van der Waals surface area contributed by atoms with Crippen molar-refractivity contribution in [3.05, 3.63) is 74.3 Å². The van der Waals surface area contributed by atoms with Gasteiger partial charge in [-0.15, -0.1) is 0 Å². The summed E-state index contributed by atoms with van der Waals surface area (Å²) in [7, 11) is 0. The molecule has 0 aromatic heterocycles. The number of hydrogen-bond acceptors (Lipinski definition) is 3. The number of hydrogen-bond donors (Lipinski definition) is 0. The largest absolute Gasteiger partial charge is 0.368 e. The predicted octanol–water partition coefficient (Wildman–Crippen LogP) is 3.91. The Morgan fingerprint density at radius 1 is 1.20 bits per heavy atom. The molecular weight excluding hydrogens is 278 g/mol. The summed E-state index contributed by atoms with van der Waals surface area (Å²) in [5.74, 6) is 0. The fourth-order valence-corrected chi connectivity index (χ4v) is 2.64. The first-order chi connectivity index (χ1) is 9.65. The molecule has 0 N–H and O–H groups in total. The van der Waals surface area contributed by atoms with Crippen LogP contribution >= 0.6 is 11.6 Å². The maximum Gasteiger partial charge on any atom is 0.269 e. The lowest BCUT2D eigenvalue weighted by molar-refractivity contribution is -0.384. The molecule has 0 bridgehead atoms. The summed E-state index contributed by atoms with van der Waals surface area (Å²) in [6, 6.07) is 12.3. The van der Waals surface area contributed by atoms with Crippen molar-refractivity contribution in [3.8, 4) is 0 Å².